The fourth-order valence-corrected chi connectivity index (χ4v) is 1.87. The molecule has 1 aromatic rings. The molecule has 1 aromatic heterocycles. The third-order valence-electron chi connectivity index (χ3n) is 2.92. The van der Waals surface area contributed by atoms with E-state index in [9.17, 15) is 4.79 Å². The Bertz CT molecular complexity index is 428. The minimum atomic E-state index is 0.0271. The second kappa shape index (κ2) is 4.76. The Morgan fingerprint density at radius 2 is 2.50 bits per heavy atom. The van der Waals surface area contributed by atoms with Crippen LogP contribution in [0.1, 0.15) is 18.2 Å². The van der Waals surface area contributed by atoms with Crippen molar-refractivity contribution >= 4 is 0 Å². The van der Waals surface area contributed by atoms with Gasteiger partial charge in [0.15, 0.2) is 0 Å². The van der Waals surface area contributed by atoms with Crippen LogP contribution >= 0.6 is 0 Å². The lowest BCUT2D eigenvalue weighted by atomic mass is 10.1. The Balaban J connectivity index is 2.31. The largest absolute Gasteiger partial charge is 0.380 e. The van der Waals surface area contributed by atoms with Crippen LogP contribution in [0.3, 0.4) is 0 Å². The summed E-state index contributed by atoms with van der Waals surface area (Å²) in [5.41, 5.74) is 1.82. The predicted molar refractivity (Wildman–Crippen MR) is 60.4 cm³/mol. The van der Waals surface area contributed by atoms with Gasteiger partial charge in [-0.15, -0.1) is 0 Å². The Morgan fingerprint density at radius 3 is 3.25 bits per heavy atom. The third-order valence-corrected chi connectivity index (χ3v) is 2.92. The van der Waals surface area contributed by atoms with Gasteiger partial charge < -0.3 is 10.1 Å². The number of ether oxygens (including phenoxy) is 1. The van der Waals surface area contributed by atoms with E-state index in [0.29, 0.717) is 13.1 Å². The molecule has 16 heavy (non-hydrogen) atoms. The average molecular weight is 223 g/mol. The molecule has 0 aliphatic carbocycles. The number of nitrogens with zero attached hydrogens (tertiary/aromatic N) is 2. The number of rotatable bonds is 3. The van der Waals surface area contributed by atoms with E-state index >= 15 is 0 Å². The first-order valence-electron chi connectivity index (χ1n) is 5.53. The van der Waals surface area contributed by atoms with E-state index in [1.807, 2.05) is 6.92 Å². The molecule has 88 valence electrons. The molecule has 1 aliphatic heterocycles. The molecule has 5 nitrogen and oxygen atoms in total. The molecule has 0 saturated carbocycles. The van der Waals surface area contributed by atoms with E-state index in [2.05, 4.69) is 10.3 Å². The molecule has 1 atom stereocenters. The summed E-state index contributed by atoms with van der Waals surface area (Å²) >= 11 is 0. The van der Waals surface area contributed by atoms with Crippen molar-refractivity contribution in [1.29, 1.82) is 0 Å². The van der Waals surface area contributed by atoms with Gasteiger partial charge in [0.2, 0.25) is 0 Å². The summed E-state index contributed by atoms with van der Waals surface area (Å²) in [6.07, 6.45) is 2.41. The number of aromatic nitrogens is 2. The highest BCUT2D eigenvalue weighted by Gasteiger charge is 2.15. The number of methoxy groups -OCH3 is 1. The minimum Gasteiger partial charge on any atom is -0.380 e. The van der Waals surface area contributed by atoms with Gasteiger partial charge in [0, 0.05) is 19.2 Å². The number of nitrogens with one attached hydrogen (secondary N) is 1. The Labute approximate surface area is 94.5 Å². The molecule has 0 amide bonds. The van der Waals surface area contributed by atoms with Gasteiger partial charge in [0.05, 0.1) is 24.7 Å². The predicted octanol–water partition coefficient (Wildman–Crippen LogP) is -0.0761. The maximum Gasteiger partial charge on any atom is 0.256 e. The van der Waals surface area contributed by atoms with Crippen molar-refractivity contribution in [2.45, 2.75) is 32.5 Å². The van der Waals surface area contributed by atoms with Crippen molar-refractivity contribution in [1.82, 2.24) is 14.9 Å². The SMILES string of the molecule is COC(C)Cn1cnc2c(c1=O)CCNC2. The Kier molecular flexibility index (Phi) is 3.36. The van der Waals surface area contributed by atoms with Crippen LogP contribution in [0.2, 0.25) is 0 Å². The van der Waals surface area contributed by atoms with Gasteiger partial charge in [-0.2, -0.15) is 0 Å². The van der Waals surface area contributed by atoms with E-state index in [4.69, 9.17) is 4.74 Å². The maximum absolute atomic E-state index is 12.1. The van der Waals surface area contributed by atoms with E-state index in [1.165, 1.54) is 0 Å². The van der Waals surface area contributed by atoms with Crippen molar-refractivity contribution in [3.05, 3.63) is 27.9 Å². The quantitative estimate of drug-likeness (QED) is 0.779. The van der Waals surface area contributed by atoms with E-state index in [-0.39, 0.29) is 11.7 Å². The van der Waals surface area contributed by atoms with Crippen molar-refractivity contribution in [2.75, 3.05) is 13.7 Å². The van der Waals surface area contributed by atoms with Crippen LogP contribution in [-0.2, 0) is 24.2 Å². The van der Waals surface area contributed by atoms with E-state index in [1.54, 1.807) is 18.0 Å². The van der Waals surface area contributed by atoms with Crippen LogP contribution in [0.5, 0.6) is 0 Å². The van der Waals surface area contributed by atoms with Gasteiger partial charge >= 0.3 is 0 Å². The second-order valence-electron chi connectivity index (χ2n) is 4.10. The summed E-state index contributed by atoms with van der Waals surface area (Å²) < 4.78 is 6.79. The Morgan fingerprint density at radius 1 is 1.69 bits per heavy atom. The molecule has 0 saturated heterocycles. The monoisotopic (exact) mass is 223 g/mol. The molecule has 0 radical (unpaired) electrons. The summed E-state index contributed by atoms with van der Waals surface area (Å²) in [5, 5.41) is 3.20. The molecule has 2 heterocycles. The van der Waals surface area contributed by atoms with Gasteiger partial charge in [0.25, 0.3) is 5.56 Å². The van der Waals surface area contributed by atoms with Crippen LogP contribution < -0.4 is 10.9 Å². The second-order valence-corrected chi connectivity index (χ2v) is 4.10. The van der Waals surface area contributed by atoms with Crippen molar-refractivity contribution in [3.63, 3.8) is 0 Å². The zero-order valence-electron chi connectivity index (χ0n) is 9.69. The van der Waals surface area contributed by atoms with E-state index in [0.717, 1.165) is 24.2 Å². The first-order valence-corrected chi connectivity index (χ1v) is 5.53. The molecule has 0 spiro atoms. The highest BCUT2D eigenvalue weighted by molar-refractivity contribution is 5.19. The maximum atomic E-state index is 12.1. The average Bonchev–Trinajstić information content (AvgIpc) is 2.33. The molecule has 5 heteroatoms. The van der Waals surface area contributed by atoms with Gasteiger partial charge in [0.1, 0.15) is 0 Å². The summed E-state index contributed by atoms with van der Waals surface area (Å²) in [4.78, 5) is 16.4. The topological polar surface area (TPSA) is 56.2 Å². The lowest BCUT2D eigenvalue weighted by Gasteiger charge is -2.18. The Hall–Kier alpha value is -1.20. The van der Waals surface area contributed by atoms with Crippen LogP contribution in [0.4, 0.5) is 0 Å². The van der Waals surface area contributed by atoms with Crippen molar-refractivity contribution < 1.29 is 4.74 Å². The summed E-state index contributed by atoms with van der Waals surface area (Å²) in [7, 11) is 1.64. The molecule has 1 aliphatic rings. The number of hydrogen-bond donors (Lipinski definition) is 1. The molecule has 1 N–H and O–H groups in total. The fourth-order valence-electron chi connectivity index (χ4n) is 1.87. The van der Waals surface area contributed by atoms with Gasteiger partial charge in [-0.05, 0) is 19.9 Å². The molecule has 0 bridgehead atoms. The smallest absolute Gasteiger partial charge is 0.256 e. The molecule has 1 unspecified atom stereocenters. The molecular weight excluding hydrogens is 206 g/mol. The third kappa shape index (κ3) is 2.15. The van der Waals surface area contributed by atoms with Crippen molar-refractivity contribution in [2.24, 2.45) is 0 Å². The highest BCUT2D eigenvalue weighted by Crippen LogP contribution is 2.05. The van der Waals surface area contributed by atoms with Gasteiger partial charge in [-0.25, -0.2) is 4.98 Å². The van der Waals surface area contributed by atoms with Gasteiger partial charge in [-0.3, -0.25) is 9.36 Å². The summed E-state index contributed by atoms with van der Waals surface area (Å²) in [5.74, 6) is 0. The van der Waals surface area contributed by atoms with Crippen LogP contribution in [0, 0.1) is 0 Å². The highest BCUT2D eigenvalue weighted by atomic mass is 16.5. The number of hydrogen-bond acceptors (Lipinski definition) is 4. The molecule has 2 rings (SSSR count). The standard InChI is InChI=1S/C11H17N3O2/c1-8(16-2)6-14-7-13-10-5-12-4-3-9(10)11(14)15/h7-8,12H,3-6H2,1-2H3. The lowest BCUT2D eigenvalue weighted by Crippen LogP contribution is -2.35. The zero-order chi connectivity index (χ0) is 11.5. The summed E-state index contributed by atoms with van der Waals surface area (Å²) in [6.45, 7) is 4.05. The van der Waals surface area contributed by atoms with E-state index < -0.39 is 0 Å². The lowest BCUT2D eigenvalue weighted by molar-refractivity contribution is 0.102. The first-order chi connectivity index (χ1) is 7.72. The normalized spacial score (nSPS) is 16.9. The fraction of sp³-hybridized carbons (Fsp3) is 0.636. The minimum absolute atomic E-state index is 0.0271. The first kappa shape index (κ1) is 11.3. The molecule has 0 aromatic carbocycles. The van der Waals surface area contributed by atoms with Crippen LogP contribution in [0.15, 0.2) is 11.1 Å². The van der Waals surface area contributed by atoms with Crippen LogP contribution in [0.25, 0.3) is 0 Å². The molecule has 0 fully saturated rings. The number of fused-ring (bicyclic) bond motifs is 1. The molecular formula is C11H17N3O2. The summed E-state index contributed by atoms with van der Waals surface area (Å²) in [6, 6.07) is 0. The van der Waals surface area contributed by atoms with Gasteiger partial charge in [-0.1, -0.05) is 0 Å². The zero-order valence-corrected chi connectivity index (χ0v) is 9.69. The van der Waals surface area contributed by atoms with Crippen molar-refractivity contribution in [3.8, 4) is 0 Å². The van der Waals surface area contributed by atoms with Crippen LogP contribution in [-0.4, -0.2) is 29.3 Å².